The van der Waals surface area contributed by atoms with Crippen LogP contribution in [0.1, 0.15) is 34.9 Å². The van der Waals surface area contributed by atoms with E-state index in [1.807, 2.05) is 18.2 Å². The van der Waals surface area contributed by atoms with Crippen molar-refractivity contribution in [3.05, 3.63) is 52.5 Å². The van der Waals surface area contributed by atoms with Gasteiger partial charge in [-0.1, -0.05) is 23.7 Å². The molecule has 7 heteroatoms. The first-order chi connectivity index (χ1) is 12.5. The fourth-order valence-electron chi connectivity index (χ4n) is 3.51. The Morgan fingerprint density at radius 3 is 2.81 bits per heavy atom. The van der Waals surface area contributed by atoms with Crippen LogP contribution >= 0.6 is 11.6 Å². The second kappa shape index (κ2) is 6.70. The van der Waals surface area contributed by atoms with Crippen LogP contribution in [0.2, 0.25) is 5.02 Å². The number of halogens is 1. The fraction of sp³-hybridized carbons (Fsp3) is 0.316. The number of nitrogens with one attached hydrogen (secondary N) is 1. The Morgan fingerprint density at radius 1 is 1.27 bits per heavy atom. The van der Waals surface area contributed by atoms with Gasteiger partial charge in [0.2, 0.25) is 0 Å². The number of aromatic hydroxyl groups is 2. The van der Waals surface area contributed by atoms with Crippen molar-refractivity contribution in [2.75, 3.05) is 18.5 Å². The van der Waals surface area contributed by atoms with E-state index >= 15 is 0 Å². The number of anilines is 1. The number of fused-ring (bicyclic) bond motifs is 1. The van der Waals surface area contributed by atoms with Crippen LogP contribution in [0.3, 0.4) is 0 Å². The predicted octanol–water partition coefficient (Wildman–Crippen LogP) is 3.50. The highest BCUT2D eigenvalue weighted by atomic mass is 35.5. The van der Waals surface area contributed by atoms with Gasteiger partial charge in [0.05, 0.1) is 16.7 Å². The minimum atomic E-state index is -0.523. The average Bonchev–Trinajstić information content (AvgIpc) is 3.15. The molecule has 2 aromatic carbocycles. The highest BCUT2D eigenvalue weighted by molar-refractivity contribution is 6.32. The minimum absolute atomic E-state index is 0.0188. The van der Waals surface area contributed by atoms with Gasteiger partial charge in [-0.2, -0.15) is 0 Å². The van der Waals surface area contributed by atoms with E-state index in [4.69, 9.17) is 16.3 Å². The lowest BCUT2D eigenvalue weighted by atomic mass is 10.0. The van der Waals surface area contributed by atoms with Gasteiger partial charge in [0, 0.05) is 24.4 Å². The van der Waals surface area contributed by atoms with E-state index in [2.05, 4.69) is 5.32 Å². The molecule has 136 valence electrons. The van der Waals surface area contributed by atoms with Crippen molar-refractivity contribution < 1.29 is 19.7 Å². The SMILES string of the molecule is O=C1c2ccccc2N[C@@H](c2cc(O)c(O)c(Cl)c2)N1C[C@@H]1CCCO1. The zero-order chi connectivity index (χ0) is 18.3. The lowest BCUT2D eigenvalue weighted by molar-refractivity contribution is 0.0426. The summed E-state index contributed by atoms with van der Waals surface area (Å²) in [6.07, 6.45) is 1.34. The van der Waals surface area contributed by atoms with Gasteiger partial charge in [-0.3, -0.25) is 4.79 Å². The molecule has 2 aromatic rings. The van der Waals surface area contributed by atoms with Crippen LogP contribution in [0.15, 0.2) is 36.4 Å². The molecule has 0 bridgehead atoms. The third-order valence-electron chi connectivity index (χ3n) is 4.83. The molecule has 0 aliphatic carbocycles. The van der Waals surface area contributed by atoms with Gasteiger partial charge in [0.25, 0.3) is 5.91 Å². The molecule has 6 nitrogen and oxygen atoms in total. The van der Waals surface area contributed by atoms with Crippen LogP contribution in [0.4, 0.5) is 5.69 Å². The number of nitrogens with zero attached hydrogens (tertiary/aromatic N) is 1. The number of hydrogen-bond donors (Lipinski definition) is 3. The summed E-state index contributed by atoms with van der Waals surface area (Å²) < 4.78 is 5.71. The first kappa shape index (κ1) is 17.0. The summed E-state index contributed by atoms with van der Waals surface area (Å²) in [6.45, 7) is 1.14. The van der Waals surface area contributed by atoms with E-state index < -0.39 is 6.17 Å². The zero-order valence-electron chi connectivity index (χ0n) is 14.0. The van der Waals surface area contributed by atoms with Crippen LogP contribution in [0.25, 0.3) is 0 Å². The van der Waals surface area contributed by atoms with Crippen LogP contribution in [-0.4, -0.2) is 40.3 Å². The van der Waals surface area contributed by atoms with Crippen molar-refractivity contribution in [3.8, 4) is 11.5 Å². The number of hydrogen-bond acceptors (Lipinski definition) is 5. The number of benzene rings is 2. The highest BCUT2D eigenvalue weighted by Gasteiger charge is 2.35. The summed E-state index contributed by atoms with van der Waals surface area (Å²) in [4.78, 5) is 14.8. The number of para-hydroxylation sites is 1. The van der Waals surface area contributed by atoms with E-state index in [0.717, 1.165) is 18.5 Å². The Kier molecular flexibility index (Phi) is 4.38. The number of rotatable bonds is 3. The summed E-state index contributed by atoms with van der Waals surface area (Å²) in [5.74, 6) is -0.801. The lowest BCUT2D eigenvalue weighted by Crippen LogP contribution is -2.46. The van der Waals surface area contributed by atoms with Crippen molar-refractivity contribution in [3.63, 3.8) is 0 Å². The Hall–Kier alpha value is -2.44. The maximum absolute atomic E-state index is 13.1. The summed E-state index contributed by atoms with van der Waals surface area (Å²) in [5.41, 5.74) is 1.90. The summed E-state index contributed by atoms with van der Waals surface area (Å²) >= 11 is 6.03. The van der Waals surface area contributed by atoms with E-state index in [0.29, 0.717) is 24.3 Å². The monoisotopic (exact) mass is 374 g/mol. The predicted molar refractivity (Wildman–Crippen MR) is 97.6 cm³/mol. The second-order valence-electron chi connectivity index (χ2n) is 6.56. The molecular formula is C19H19ClN2O4. The molecule has 1 amide bonds. The lowest BCUT2D eigenvalue weighted by Gasteiger charge is -2.39. The summed E-state index contributed by atoms with van der Waals surface area (Å²) in [5, 5.41) is 23.1. The second-order valence-corrected chi connectivity index (χ2v) is 6.96. The standard InChI is InChI=1S/C19H19ClN2O4/c20-14-8-11(9-16(23)17(14)24)18-21-15-6-2-1-5-13(15)19(25)22(18)10-12-4-3-7-26-12/h1-2,5-6,8-9,12,18,21,23-24H,3-4,7,10H2/t12-,18+/m0/s1. The van der Waals surface area contributed by atoms with Crippen LogP contribution in [0, 0.1) is 0 Å². The van der Waals surface area contributed by atoms with Gasteiger partial charge >= 0.3 is 0 Å². The van der Waals surface area contributed by atoms with Crippen LogP contribution < -0.4 is 5.32 Å². The Labute approximate surface area is 156 Å². The highest BCUT2D eigenvalue weighted by Crippen LogP contribution is 2.40. The van der Waals surface area contributed by atoms with Gasteiger partial charge in [-0.05, 0) is 37.1 Å². The first-order valence-electron chi connectivity index (χ1n) is 8.54. The zero-order valence-corrected chi connectivity index (χ0v) is 14.7. The average molecular weight is 375 g/mol. The van der Waals surface area contributed by atoms with Gasteiger partial charge in [0.1, 0.15) is 6.17 Å². The van der Waals surface area contributed by atoms with Gasteiger partial charge in [-0.15, -0.1) is 0 Å². The first-order valence-corrected chi connectivity index (χ1v) is 8.92. The number of ether oxygens (including phenoxy) is 1. The number of phenols is 2. The molecular weight excluding hydrogens is 356 g/mol. The Bertz CT molecular complexity index is 828. The topological polar surface area (TPSA) is 82.0 Å². The van der Waals surface area contributed by atoms with Crippen molar-refractivity contribution in [1.29, 1.82) is 0 Å². The molecule has 0 unspecified atom stereocenters. The molecule has 1 saturated heterocycles. The van der Waals surface area contributed by atoms with Gasteiger partial charge in [-0.25, -0.2) is 0 Å². The molecule has 0 radical (unpaired) electrons. The van der Waals surface area contributed by atoms with E-state index in [1.54, 1.807) is 17.0 Å². The Morgan fingerprint density at radius 2 is 2.08 bits per heavy atom. The van der Waals surface area contributed by atoms with Crippen molar-refractivity contribution in [2.24, 2.45) is 0 Å². The number of carbonyl (C=O) groups is 1. The molecule has 2 heterocycles. The molecule has 0 spiro atoms. The number of amides is 1. The fourth-order valence-corrected chi connectivity index (χ4v) is 3.74. The molecule has 2 aliphatic heterocycles. The van der Waals surface area contributed by atoms with E-state index in [9.17, 15) is 15.0 Å². The summed E-state index contributed by atoms with van der Waals surface area (Å²) in [7, 11) is 0. The molecule has 1 fully saturated rings. The summed E-state index contributed by atoms with van der Waals surface area (Å²) in [6, 6.07) is 10.3. The molecule has 26 heavy (non-hydrogen) atoms. The van der Waals surface area contributed by atoms with Crippen molar-refractivity contribution in [2.45, 2.75) is 25.1 Å². The van der Waals surface area contributed by atoms with E-state index in [1.165, 1.54) is 6.07 Å². The third-order valence-corrected chi connectivity index (χ3v) is 5.12. The quantitative estimate of drug-likeness (QED) is 0.716. The third kappa shape index (κ3) is 2.95. The van der Waals surface area contributed by atoms with E-state index in [-0.39, 0.29) is 28.5 Å². The van der Waals surface area contributed by atoms with Crippen molar-refractivity contribution >= 4 is 23.2 Å². The number of carbonyl (C=O) groups excluding carboxylic acids is 1. The maximum atomic E-state index is 13.1. The minimum Gasteiger partial charge on any atom is -0.504 e. The van der Waals surface area contributed by atoms with Crippen LogP contribution in [-0.2, 0) is 4.74 Å². The maximum Gasteiger partial charge on any atom is 0.257 e. The van der Waals surface area contributed by atoms with Crippen molar-refractivity contribution in [1.82, 2.24) is 4.90 Å². The van der Waals surface area contributed by atoms with Gasteiger partial charge < -0.3 is 25.2 Å². The molecule has 2 atom stereocenters. The number of phenolic OH excluding ortho intramolecular Hbond substituents is 2. The Balaban J connectivity index is 1.75. The van der Waals surface area contributed by atoms with Gasteiger partial charge in [0.15, 0.2) is 11.5 Å². The normalized spacial score (nSPS) is 22.2. The molecule has 4 rings (SSSR count). The molecule has 0 saturated carbocycles. The van der Waals surface area contributed by atoms with Crippen LogP contribution in [0.5, 0.6) is 11.5 Å². The largest absolute Gasteiger partial charge is 0.504 e. The molecule has 0 aromatic heterocycles. The molecule has 3 N–H and O–H groups in total. The smallest absolute Gasteiger partial charge is 0.257 e. The molecule has 2 aliphatic rings.